The first-order chi connectivity index (χ1) is 8.13. The van der Waals surface area contributed by atoms with Crippen LogP contribution in [-0.2, 0) is 11.2 Å². The second-order valence-electron chi connectivity index (χ2n) is 4.07. The number of hydrogen-bond donors (Lipinski definition) is 0. The lowest BCUT2D eigenvalue weighted by molar-refractivity contribution is -0.384. The summed E-state index contributed by atoms with van der Waals surface area (Å²) in [4.78, 5) is 21.5. The van der Waals surface area contributed by atoms with Gasteiger partial charge in [-0.05, 0) is 18.4 Å². The summed E-state index contributed by atoms with van der Waals surface area (Å²) in [5.74, 6) is 0.269. The van der Waals surface area contributed by atoms with Gasteiger partial charge in [0.25, 0.3) is 5.69 Å². The maximum Gasteiger partial charge on any atom is 0.269 e. The maximum atomic E-state index is 11.4. The number of nitro groups is 1. The van der Waals surface area contributed by atoms with Crippen LogP contribution in [0.1, 0.15) is 38.2 Å². The zero-order chi connectivity index (χ0) is 12.7. The zero-order valence-corrected chi connectivity index (χ0v) is 10.0. The van der Waals surface area contributed by atoms with Crippen LogP contribution in [-0.4, -0.2) is 10.7 Å². The molecule has 0 bridgehead atoms. The minimum atomic E-state index is -0.420. The number of nitrogens with zero attached hydrogens (tertiary/aromatic N) is 1. The number of ketones is 1. The fourth-order valence-corrected chi connectivity index (χ4v) is 1.57. The van der Waals surface area contributed by atoms with E-state index in [0.29, 0.717) is 19.3 Å². The van der Waals surface area contributed by atoms with E-state index in [2.05, 4.69) is 6.92 Å². The van der Waals surface area contributed by atoms with Crippen LogP contribution in [0.4, 0.5) is 5.69 Å². The molecular weight excluding hydrogens is 218 g/mol. The van der Waals surface area contributed by atoms with Gasteiger partial charge in [0, 0.05) is 25.0 Å². The summed E-state index contributed by atoms with van der Waals surface area (Å²) < 4.78 is 0. The van der Waals surface area contributed by atoms with E-state index in [-0.39, 0.29) is 11.5 Å². The highest BCUT2D eigenvalue weighted by Gasteiger charge is 2.05. The number of aryl methyl sites for hydroxylation is 1. The van der Waals surface area contributed by atoms with Gasteiger partial charge in [-0.1, -0.05) is 25.5 Å². The molecule has 1 aromatic rings. The van der Waals surface area contributed by atoms with Gasteiger partial charge in [0.1, 0.15) is 5.78 Å². The smallest absolute Gasteiger partial charge is 0.269 e. The fourth-order valence-electron chi connectivity index (χ4n) is 1.57. The van der Waals surface area contributed by atoms with Gasteiger partial charge in [-0.3, -0.25) is 14.9 Å². The predicted octanol–water partition coefficient (Wildman–Crippen LogP) is 3.29. The molecule has 0 spiro atoms. The van der Waals surface area contributed by atoms with Gasteiger partial charge < -0.3 is 0 Å². The Morgan fingerprint density at radius 1 is 1.24 bits per heavy atom. The lowest BCUT2D eigenvalue weighted by Gasteiger charge is -2.01. The van der Waals surface area contributed by atoms with Crippen molar-refractivity contribution in [3.8, 4) is 0 Å². The molecule has 0 heterocycles. The third-order valence-corrected chi connectivity index (χ3v) is 2.65. The van der Waals surface area contributed by atoms with E-state index in [0.717, 1.165) is 18.4 Å². The SMILES string of the molecule is CCCCC(=O)CCc1ccc([N+](=O)[O-])cc1. The highest BCUT2D eigenvalue weighted by molar-refractivity contribution is 5.78. The van der Waals surface area contributed by atoms with Gasteiger partial charge in [-0.15, -0.1) is 0 Å². The molecule has 0 aliphatic carbocycles. The average molecular weight is 235 g/mol. The Bertz CT molecular complexity index is 384. The van der Waals surface area contributed by atoms with Crippen LogP contribution in [0.2, 0.25) is 0 Å². The molecule has 4 nitrogen and oxygen atoms in total. The molecular formula is C13H17NO3. The molecule has 17 heavy (non-hydrogen) atoms. The lowest BCUT2D eigenvalue weighted by Crippen LogP contribution is -2.00. The standard InChI is InChI=1S/C13H17NO3/c1-2-3-4-13(15)10-7-11-5-8-12(9-6-11)14(16)17/h5-6,8-9H,2-4,7,10H2,1H3. The van der Waals surface area contributed by atoms with Crippen molar-refractivity contribution in [2.24, 2.45) is 0 Å². The molecule has 0 aromatic heterocycles. The Morgan fingerprint density at radius 3 is 2.41 bits per heavy atom. The third kappa shape index (κ3) is 4.76. The summed E-state index contributed by atoms with van der Waals surface area (Å²) in [6.45, 7) is 2.06. The van der Waals surface area contributed by atoms with Crippen LogP contribution in [0.15, 0.2) is 24.3 Å². The van der Waals surface area contributed by atoms with Crippen molar-refractivity contribution in [2.75, 3.05) is 0 Å². The molecule has 1 rings (SSSR count). The normalized spacial score (nSPS) is 10.2. The molecule has 92 valence electrons. The summed E-state index contributed by atoms with van der Waals surface area (Å²) in [7, 11) is 0. The molecule has 0 radical (unpaired) electrons. The first-order valence-corrected chi connectivity index (χ1v) is 5.88. The maximum absolute atomic E-state index is 11.4. The molecule has 0 amide bonds. The third-order valence-electron chi connectivity index (χ3n) is 2.65. The van der Waals surface area contributed by atoms with Crippen LogP contribution in [0.5, 0.6) is 0 Å². The molecule has 1 aromatic carbocycles. The summed E-state index contributed by atoms with van der Waals surface area (Å²) in [5, 5.41) is 10.4. The van der Waals surface area contributed by atoms with E-state index in [1.165, 1.54) is 12.1 Å². The fraction of sp³-hybridized carbons (Fsp3) is 0.462. The Hall–Kier alpha value is -1.71. The van der Waals surface area contributed by atoms with Crippen LogP contribution in [0.25, 0.3) is 0 Å². The largest absolute Gasteiger partial charge is 0.300 e. The quantitative estimate of drug-likeness (QED) is 0.538. The first kappa shape index (κ1) is 13.4. The molecule has 0 fully saturated rings. The van der Waals surface area contributed by atoms with Crippen molar-refractivity contribution >= 4 is 11.5 Å². The van der Waals surface area contributed by atoms with Gasteiger partial charge in [-0.25, -0.2) is 0 Å². The van der Waals surface area contributed by atoms with Crippen molar-refractivity contribution in [3.63, 3.8) is 0 Å². The van der Waals surface area contributed by atoms with Gasteiger partial charge in [0.2, 0.25) is 0 Å². The first-order valence-electron chi connectivity index (χ1n) is 5.88. The monoisotopic (exact) mass is 235 g/mol. The van der Waals surface area contributed by atoms with Crippen molar-refractivity contribution in [1.29, 1.82) is 0 Å². The summed E-state index contributed by atoms with van der Waals surface area (Å²) in [5.41, 5.74) is 1.06. The second-order valence-corrected chi connectivity index (χ2v) is 4.07. The Morgan fingerprint density at radius 2 is 1.88 bits per heavy atom. The van der Waals surface area contributed by atoms with Gasteiger partial charge in [0.05, 0.1) is 4.92 Å². The van der Waals surface area contributed by atoms with Crippen LogP contribution >= 0.6 is 0 Å². The number of benzene rings is 1. The molecule has 0 N–H and O–H groups in total. The minimum absolute atomic E-state index is 0.0889. The summed E-state index contributed by atoms with van der Waals surface area (Å²) in [6, 6.07) is 6.38. The Labute approximate surface area is 101 Å². The van der Waals surface area contributed by atoms with E-state index in [1.54, 1.807) is 12.1 Å². The van der Waals surface area contributed by atoms with Crippen LogP contribution in [0.3, 0.4) is 0 Å². The average Bonchev–Trinajstić information content (AvgIpc) is 2.34. The minimum Gasteiger partial charge on any atom is -0.300 e. The molecule has 0 atom stereocenters. The molecule has 0 saturated carbocycles. The Balaban J connectivity index is 2.42. The van der Waals surface area contributed by atoms with Crippen LogP contribution in [0, 0.1) is 10.1 Å². The number of carbonyl (C=O) groups excluding carboxylic acids is 1. The van der Waals surface area contributed by atoms with E-state index < -0.39 is 4.92 Å². The van der Waals surface area contributed by atoms with Crippen molar-refractivity contribution in [1.82, 2.24) is 0 Å². The number of rotatable bonds is 7. The molecule has 0 aliphatic rings. The van der Waals surface area contributed by atoms with Gasteiger partial charge >= 0.3 is 0 Å². The highest BCUT2D eigenvalue weighted by Crippen LogP contribution is 2.13. The van der Waals surface area contributed by atoms with Crippen molar-refractivity contribution in [3.05, 3.63) is 39.9 Å². The topological polar surface area (TPSA) is 60.2 Å². The number of carbonyl (C=O) groups is 1. The van der Waals surface area contributed by atoms with E-state index in [4.69, 9.17) is 0 Å². The van der Waals surface area contributed by atoms with E-state index in [1.807, 2.05) is 0 Å². The number of nitro benzene ring substituents is 1. The molecule has 0 aliphatic heterocycles. The van der Waals surface area contributed by atoms with E-state index >= 15 is 0 Å². The number of unbranched alkanes of at least 4 members (excludes halogenated alkanes) is 1. The molecule has 4 heteroatoms. The molecule has 0 unspecified atom stereocenters. The lowest BCUT2D eigenvalue weighted by atomic mass is 10.0. The van der Waals surface area contributed by atoms with Crippen molar-refractivity contribution in [2.45, 2.75) is 39.0 Å². The zero-order valence-electron chi connectivity index (χ0n) is 10.0. The molecule has 0 saturated heterocycles. The number of hydrogen-bond acceptors (Lipinski definition) is 3. The second kappa shape index (κ2) is 6.78. The number of Topliss-reactive ketones (excluding diaryl/α,β-unsaturated/α-hetero) is 1. The van der Waals surface area contributed by atoms with Crippen molar-refractivity contribution < 1.29 is 9.72 Å². The van der Waals surface area contributed by atoms with Gasteiger partial charge in [-0.2, -0.15) is 0 Å². The Kier molecular flexibility index (Phi) is 5.33. The van der Waals surface area contributed by atoms with Crippen LogP contribution < -0.4 is 0 Å². The van der Waals surface area contributed by atoms with Gasteiger partial charge in [0.15, 0.2) is 0 Å². The number of non-ortho nitro benzene ring substituents is 1. The summed E-state index contributed by atoms with van der Waals surface area (Å²) >= 11 is 0. The van der Waals surface area contributed by atoms with E-state index in [9.17, 15) is 14.9 Å². The summed E-state index contributed by atoms with van der Waals surface area (Å²) in [6.07, 6.45) is 3.81. The predicted molar refractivity (Wildman–Crippen MR) is 65.9 cm³/mol. The highest BCUT2D eigenvalue weighted by atomic mass is 16.6.